The molecule has 3 aromatic rings. The van der Waals surface area contributed by atoms with E-state index in [2.05, 4.69) is 5.32 Å². The first kappa shape index (κ1) is 18.0. The van der Waals surface area contributed by atoms with Crippen LogP contribution in [-0.4, -0.2) is 29.8 Å². The van der Waals surface area contributed by atoms with Gasteiger partial charge >= 0.3 is 0 Å². The van der Waals surface area contributed by atoms with E-state index in [9.17, 15) is 14.0 Å². The Balaban J connectivity index is 1.63. The van der Waals surface area contributed by atoms with Crippen LogP contribution >= 0.6 is 0 Å². The Morgan fingerprint density at radius 2 is 1.79 bits per heavy atom. The number of nitrogens with zero attached hydrogens (tertiary/aromatic N) is 1. The molecule has 1 unspecified atom stereocenters. The SMILES string of the molecule is O=C1CC(c2ccccc2)N(C(=O)c2ccc(-c3ccc(F)cc3)o2)CCN1. The first-order valence-electron chi connectivity index (χ1n) is 9.10. The van der Waals surface area contributed by atoms with Gasteiger partial charge in [-0.05, 0) is 42.0 Å². The van der Waals surface area contributed by atoms with Crippen molar-refractivity contribution in [1.29, 1.82) is 0 Å². The number of benzene rings is 2. The normalized spacial score (nSPS) is 17.1. The fraction of sp³-hybridized carbons (Fsp3) is 0.182. The highest BCUT2D eigenvalue weighted by Gasteiger charge is 2.31. The number of rotatable bonds is 3. The minimum Gasteiger partial charge on any atom is -0.451 e. The molecule has 6 heteroatoms. The molecular formula is C22H19FN2O3. The second-order valence-electron chi connectivity index (χ2n) is 6.65. The predicted molar refractivity (Wildman–Crippen MR) is 102 cm³/mol. The van der Waals surface area contributed by atoms with Crippen molar-refractivity contribution in [3.63, 3.8) is 0 Å². The van der Waals surface area contributed by atoms with Gasteiger partial charge in [-0.15, -0.1) is 0 Å². The third kappa shape index (κ3) is 3.67. The average molecular weight is 378 g/mol. The van der Waals surface area contributed by atoms with E-state index in [1.54, 1.807) is 29.2 Å². The van der Waals surface area contributed by atoms with Gasteiger partial charge in [-0.2, -0.15) is 0 Å². The van der Waals surface area contributed by atoms with Crippen molar-refractivity contribution in [2.75, 3.05) is 13.1 Å². The first-order chi connectivity index (χ1) is 13.6. The summed E-state index contributed by atoms with van der Waals surface area (Å²) in [4.78, 5) is 26.9. The molecule has 1 atom stereocenters. The van der Waals surface area contributed by atoms with Crippen LogP contribution in [0.4, 0.5) is 4.39 Å². The molecule has 1 aromatic heterocycles. The highest BCUT2D eigenvalue weighted by atomic mass is 19.1. The van der Waals surface area contributed by atoms with Gasteiger partial charge in [0, 0.05) is 18.7 Å². The van der Waals surface area contributed by atoms with E-state index >= 15 is 0 Å². The van der Waals surface area contributed by atoms with Crippen LogP contribution in [0, 0.1) is 5.82 Å². The fourth-order valence-electron chi connectivity index (χ4n) is 3.41. The summed E-state index contributed by atoms with van der Waals surface area (Å²) in [7, 11) is 0. The van der Waals surface area contributed by atoms with Crippen molar-refractivity contribution in [1.82, 2.24) is 10.2 Å². The van der Waals surface area contributed by atoms with Crippen LogP contribution in [-0.2, 0) is 4.79 Å². The van der Waals surface area contributed by atoms with Gasteiger partial charge in [-0.3, -0.25) is 9.59 Å². The third-order valence-corrected chi connectivity index (χ3v) is 4.82. The lowest BCUT2D eigenvalue weighted by Gasteiger charge is -2.28. The Kier molecular flexibility index (Phi) is 4.93. The van der Waals surface area contributed by atoms with E-state index in [1.807, 2.05) is 30.3 Å². The van der Waals surface area contributed by atoms with Crippen LogP contribution in [0.25, 0.3) is 11.3 Å². The quantitative estimate of drug-likeness (QED) is 0.754. The molecule has 1 fully saturated rings. The zero-order valence-electron chi connectivity index (χ0n) is 15.1. The Morgan fingerprint density at radius 1 is 1.04 bits per heavy atom. The molecule has 0 bridgehead atoms. The van der Waals surface area contributed by atoms with Gasteiger partial charge in [-0.1, -0.05) is 30.3 Å². The van der Waals surface area contributed by atoms with Crippen LogP contribution in [0.15, 0.2) is 71.1 Å². The number of carbonyl (C=O) groups is 2. The van der Waals surface area contributed by atoms with Crippen LogP contribution in [0.5, 0.6) is 0 Å². The van der Waals surface area contributed by atoms with E-state index in [1.165, 1.54) is 12.1 Å². The zero-order chi connectivity index (χ0) is 19.5. The molecule has 0 aliphatic carbocycles. The van der Waals surface area contributed by atoms with Gasteiger partial charge in [0.05, 0.1) is 12.5 Å². The van der Waals surface area contributed by atoms with Crippen molar-refractivity contribution < 1.29 is 18.4 Å². The molecule has 0 spiro atoms. The van der Waals surface area contributed by atoms with E-state index < -0.39 is 0 Å². The highest BCUT2D eigenvalue weighted by Crippen LogP contribution is 2.29. The van der Waals surface area contributed by atoms with Crippen molar-refractivity contribution in [3.8, 4) is 11.3 Å². The smallest absolute Gasteiger partial charge is 0.290 e. The summed E-state index contributed by atoms with van der Waals surface area (Å²) in [5.41, 5.74) is 1.59. The van der Waals surface area contributed by atoms with Crippen molar-refractivity contribution >= 4 is 11.8 Å². The molecule has 1 saturated heterocycles. The molecule has 28 heavy (non-hydrogen) atoms. The summed E-state index contributed by atoms with van der Waals surface area (Å²) in [5, 5.41) is 2.82. The van der Waals surface area contributed by atoms with E-state index in [0.29, 0.717) is 24.4 Å². The van der Waals surface area contributed by atoms with Crippen LogP contribution < -0.4 is 5.32 Å². The average Bonchev–Trinajstić information content (AvgIpc) is 3.12. The molecule has 2 aromatic carbocycles. The van der Waals surface area contributed by atoms with Gasteiger partial charge in [0.25, 0.3) is 5.91 Å². The summed E-state index contributed by atoms with van der Waals surface area (Å²) in [6.45, 7) is 0.774. The highest BCUT2D eigenvalue weighted by molar-refractivity contribution is 5.93. The number of carbonyl (C=O) groups excluding carboxylic acids is 2. The molecule has 1 N–H and O–H groups in total. The van der Waals surface area contributed by atoms with Crippen LogP contribution in [0.3, 0.4) is 0 Å². The lowest BCUT2D eigenvalue weighted by Crippen LogP contribution is -2.36. The minimum absolute atomic E-state index is 0.0874. The summed E-state index contributed by atoms with van der Waals surface area (Å²) in [6, 6.07) is 18.3. The van der Waals surface area contributed by atoms with Crippen molar-refractivity contribution in [3.05, 3.63) is 83.9 Å². The second-order valence-corrected chi connectivity index (χ2v) is 6.65. The summed E-state index contributed by atoms with van der Waals surface area (Å²) in [6.07, 6.45) is 0.196. The van der Waals surface area contributed by atoms with Crippen LogP contribution in [0.1, 0.15) is 28.6 Å². The molecule has 0 saturated carbocycles. The maximum atomic E-state index is 13.2. The van der Waals surface area contributed by atoms with Gasteiger partial charge in [0.2, 0.25) is 5.91 Å². The zero-order valence-corrected chi connectivity index (χ0v) is 15.1. The van der Waals surface area contributed by atoms with Crippen molar-refractivity contribution in [2.24, 2.45) is 0 Å². The Morgan fingerprint density at radius 3 is 2.54 bits per heavy atom. The molecule has 1 aliphatic heterocycles. The first-order valence-corrected chi connectivity index (χ1v) is 9.10. The number of hydrogen-bond acceptors (Lipinski definition) is 3. The summed E-state index contributed by atoms with van der Waals surface area (Å²) < 4.78 is 18.9. The van der Waals surface area contributed by atoms with Crippen LogP contribution in [0.2, 0.25) is 0 Å². The maximum Gasteiger partial charge on any atom is 0.290 e. The lowest BCUT2D eigenvalue weighted by atomic mass is 10.0. The minimum atomic E-state index is -0.365. The molecule has 4 rings (SSSR count). The van der Waals surface area contributed by atoms with Gasteiger partial charge < -0.3 is 14.6 Å². The second kappa shape index (κ2) is 7.68. The lowest BCUT2D eigenvalue weighted by molar-refractivity contribution is -0.121. The van der Waals surface area contributed by atoms with Gasteiger partial charge in [0.1, 0.15) is 11.6 Å². The number of hydrogen-bond donors (Lipinski definition) is 1. The molecule has 2 heterocycles. The Hall–Kier alpha value is -3.41. The van der Waals surface area contributed by atoms with Crippen molar-refractivity contribution in [2.45, 2.75) is 12.5 Å². The van der Waals surface area contributed by atoms with E-state index in [0.717, 1.165) is 5.56 Å². The summed E-state index contributed by atoms with van der Waals surface area (Å²) >= 11 is 0. The topological polar surface area (TPSA) is 62.6 Å². The molecule has 1 aliphatic rings. The van der Waals surface area contributed by atoms with E-state index in [4.69, 9.17) is 4.42 Å². The largest absolute Gasteiger partial charge is 0.451 e. The molecule has 5 nitrogen and oxygen atoms in total. The Labute approximate surface area is 161 Å². The maximum absolute atomic E-state index is 13.2. The molecule has 142 valence electrons. The number of amides is 2. The number of furan rings is 1. The standard InChI is InChI=1S/C22H19FN2O3/c23-17-8-6-16(7-9-17)19-10-11-20(28-19)22(27)25-13-12-24-21(26)14-18(25)15-4-2-1-3-5-15/h1-11,18H,12-14H2,(H,24,26). The molecule has 0 radical (unpaired) electrons. The molecular weight excluding hydrogens is 359 g/mol. The summed E-state index contributed by atoms with van der Waals surface area (Å²) in [5.74, 6) is -0.0217. The Bertz CT molecular complexity index is 983. The third-order valence-electron chi connectivity index (χ3n) is 4.82. The fourth-order valence-corrected chi connectivity index (χ4v) is 3.41. The van der Waals surface area contributed by atoms with E-state index in [-0.39, 0.29) is 35.9 Å². The van der Waals surface area contributed by atoms with Gasteiger partial charge in [0.15, 0.2) is 5.76 Å². The molecule has 2 amide bonds. The number of nitrogens with one attached hydrogen (secondary N) is 1. The monoisotopic (exact) mass is 378 g/mol. The van der Waals surface area contributed by atoms with Gasteiger partial charge in [-0.25, -0.2) is 4.39 Å². The number of halogens is 1. The predicted octanol–water partition coefficient (Wildman–Crippen LogP) is 3.79.